The molecule has 6 aromatic rings. The molecule has 0 radical (unpaired) electrons. The van der Waals surface area contributed by atoms with Crippen LogP contribution in [0.25, 0.3) is 52.8 Å². The molecule has 0 spiro atoms. The van der Waals surface area contributed by atoms with Crippen molar-refractivity contribution in [1.29, 1.82) is 0 Å². The molecule has 0 atom stereocenters. The van der Waals surface area contributed by atoms with Gasteiger partial charge >= 0.3 is 0 Å². The summed E-state index contributed by atoms with van der Waals surface area (Å²) in [7, 11) is 0. The molecule has 28 heavy (non-hydrogen) atoms. The summed E-state index contributed by atoms with van der Waals surface area (Å²) in [6.07, 6.45) is 0. The lowest BCUT2D eigenvalue weighted by Crippen LogP contribution is -1.83. The highest BCUT2D eigenvalue weighted by molar-refractivity contribution is 9.10. The highest BCUT2D eigenvalue weighted by atomic mass is 79.9. The molecule has 132 valence electrons. The van der Waals surface area contributed by atoms with Crippen molar-refractivity contribution in [3.63, 3.8) is 0 Å². The molecule has 6 rings (SSSR count). The number of thiophene rings is 1. The molecule has 0 N–H and O–H groups in total. The molecule has 1 aromatic heterocycles. The van der Waals surface area contributed by atoms with Crippen molar-refractivity contribution >= 4 is 69.0 Å². The van der Waals surface area contributed by atoms with Gasteiger partial charge < -0.3 is 0 Å². The third-order valence-corrected chi connectivity index (χ3v) is 7.37. The maximum absolute atomic E-state index is 3.70. The summed E-state index contributed by atoms with van der Waals surface area (Å²) < 4.78 is 3.84. The summed E-state index contributed by atoms with van der Waals surface area (Å²) in [5, 5.41) is 7.89. The highest BCUT2D eigenvalue weighted by Crippen LogP contribution is 2.41. The van der Waals surface area contributed by atoms with E-state index < -0.39 is 0 Å². The van der Waals surface area contributed by atoms with E-state index in [0.29, 0.717) is 0 Å². The average Bonchev–Trinajstić information content (AvgIpc) is 3.12. The van der Waals surface area contributed by atoms with Crippen LogP contribution in [0.4, 0.5) is 0 Å². The number of hydrogen-bond donors (Lipinski definition) is 0. The van der Waals surface area contributed by atoms with E-state index in [0.717, 1.165) is 4.47 Å². The molecular formula is C26H15BrS. The quantitative estimate of drug-likeness (QED) is 0.240. The predicted octanol–water partition coefficient (Wildman–Crippen LogP) is 8.79. The maximum atomic E-state index is 3.70. The van der Waals surface area contributed by atoms with Crippen molar-refractivity contribution in [3.8, 4) is 11.1 Å². The third kappa shape index (κ3) is 2.35. The van der Waals surface area contributed by atoms with Gasteiger partial charge in [-0.05, 0) is 56.9 Å². The van der Waals surface area contributed by atoms with Gasteiger partial charge in [-0.2, -0.15) is 0 Å². The van der Waals surface area contributed by atoms with Gasteiger partial charge in [0.1, 0.15) is 0 Å². The lowest BCUT2D eigenvalue weighted by molar-refractivity contribution is 1.67. The summed E-state index contributed by atoms with van der Waals surface area (Å²) in [5.74, 6) is 0. The molecule has 0 bridgehead atoms. The van der Waals surface area contributed by atoms with Crippen LogP contribution >= 0.6 is 27.3 Å². The zero-order valence-electron chi connectivity index (χ0n) is 14.9. The Bertz CT molecular complexity index is 1520. The minimum absolute atomic E-state index is 1.14. The maximum Gasteiger partial charge on any atom is 0.0361 e. The Morgan fingerprint density at radius 1 is 0.571 bits per heavy atom. The molecule has 1 heterocycles. The molecule has 0 unspecified atom stereocenters. The van der Waals surface area contributed by atoms with E-state index in [4.69, 9.17) is 0 Å². The smallest absolute Gasteiger partial charge is 0.0361 e. The molecule has 0 saturated carbocycles. The van der Waals surface area contributed by atoms with E-state index >= 15 is 0 Å². The van der Waals surface area contributed by atoms with E-state index in [1.165, 1.54) is 52.8 Å². The standard InChI is InChI=1S/C26H15BrS/c27-23-12-11-18(20-7-3-4-8-21(20)23)17-10-13-24-22(15-17)26-19-6-2-1-5-16(19)9-14-25(26)28-24/h1-15H. The molecule has 5 aromatic carbocycles. The third-order valence-electron chi connectivity index (χ3n) is 5.54. The normalized spacial score (nSPS) is 11.8. The first-order valence-electron chi connectivity index (χ1n) is 9.31. The first-order chi connectivity index (χ1) is 13.8. The second-order valence-corrected chi connectivity index (χ2v) is 9.05. The van der Waals surface area contributed by atoms with Crippen LogP contribution in [0.2, 0.25) is 0 Å². The van der Waals surface area contributed by atoms with Gasteiger partial charge in [0, 0.05) is 24.6 Å². The van der Waals surface area contributed by atoms with Crippen LogP contribution in [0.5, 0.6) is 0 Å². The summed E-state index contributed by atoms with van der Waals surface area (Å²) in [6, 6.07) is 33.1. The van der Waals surface area contributed by atoms with Crippen molar-refractivity contribution in [3.05, 3.63) is 95.5 Å². The SMILES string of the molecule is Brc1ccc(-c2ccc3sc4ccc5ccccc5c4c3c2)c2ccccc12. The zero-order valence-corrected chi connectivity index (χ0v) is 17.3. The van der Waals surface area contributed by atoms with Gasteiger partial charge in [0.2, 0.25) is 0 Å². The van der Waals surface area contributed by atoms with Crippen molar-refractivity contribution in [2.75, 3.05) is 0 Å². The number of rotatable bonds is 1. The summed E-state index contributed by atoms with van der Waals surface area (Å²) in [5.41, 5.74) is 2.55. The van der Waals surface area contributed by atoms with E-state index in [1.807, 2.05) is 11.3 Å². The summed E-state index contributed by atoms with van der Waals surface area (Å²) in [4.78, 5) is 0. The Hall–Kier alpha value is -2.68. The van der Waals surface area contributed by atoms with Gasteiger partial charge in [0.05, 0.1) is 0 Å². The molecule has 2 heteroatoms. The second-order valence-electron chi connectivity index (χ2n) is 7.11. The van der Waals surface area contributed by atoms with Gasteiger partial charge in [0.25, 0.3) is 0 Å². The van der Waals surface area contributed by atoms with Crippen LogP contribution in [-0.4, -0.2) is 0 Å². The molecule has 0 aliphatic rings. The van der Waals surface area contributed by atoms with Gasteiger partial charge in [-0.25, -0.2) is 0 Å². The van der Waals surface area contributed by atoms with Crippen LogP contribution in [0.1, 0.15) is 0 Å². The lowest BCUT2D eigenvalue weighted by atomic mass is 9.96. The molecule has 0 nitrogen and oxygen atoms in total. The highest BCUT2D eigenvalue weighted by Gasteiger charge is 2.12. The van der Waals surface area contributed by atoms with Crippen LogP contribution in [0.15, 0.2) is 95.5 Å². The second kappa shape index (κ2) is 6.16. The Labute approximate surface area is 175 Å². The van der Waals surface area contributed by atoms with Crippen LogP contribution in [-0.2, 0) is 0 Å². The Balaban J connectivity index is 1.71. The first-order valence-corrected chi connectivity index (χ1v) is 10.9. The molecule has 0 saturated heterocycles. The van der Waals surface area contributed by atoms with Gasteiger partial charge in [-0.3, -0.25) is 0 Å². The van der Waals surface area contributed by atoms with E-state index in [1.54, 1.807) is 0 Å². The Morgan fingerprint density at radius 3 is 2.21 bits per heavy atom. The van der Waals surface area contributed by atoms with Gasteiger partial charge in [0.15, 0.2) is 0 Å². The van der Waals surface area contributed by atoms with Crippen LogP contribution < -0.4 is 0 Å². The first kappa shape index (κ1) is 16.3. The van der Waals surface area contributed by atoms with Crippen molar-refractivity contribution in [1.82, 2.24) is 0 Å². The van der Waals surface area contributed by atoms with Crippen molar-refractivity contribution < 1.29 is 0 Å². The molecule has 0 aliphatic carbocycles. The average molecular weight is 439 g/mol. The molecular weight excluding hydrogens is 424 g/mol. The predicted molar refractivity (Wildman–Crippen MR) is 127 cm³/mol. The fraction of sp³-hybridized carbons (Fsp3) is 0. The summed E-state index contributed by atoms with van der Waals surface area (Å²) in [6.45, 7) is 0. The zero-order chi connectivity index (χ0) is 18.7. The molecule has 0 amide bonds. The lowest BCUT2D eigenvalue weighted by Gasteiger charge is -2.09. The largest absolute Gasteiger partial charge is 0.135 e. The van der Waals surface area contributed by atoms with Crippen molar-refractivity contribution in [2.24, 2.45) is 0 Å². The fourth-order valence-corrected chi connectivity index (χ4v) is 5.81. The Morgan fingerprint density at radius 2 is 1.32 bits per heavy atom. The minimum atomic E-state index is 1.14. The monoisotopic (exact) mass is 438 g/mol. The fourth-order valence-electron chi connectivity index (χ4n) is 4.23. The van der Waals surface area contributed by atoms with Crippen LogP contribution in [0.3, 0.4) is 0 Å². The molecule has 0 fully saturated rings. The number of halogens is 1. The minimum Gasteiger partial charge on any atom is -0.135 e. The van der Waals surface area contributed by atoms with Crippen molar-refractivity contribution in [2.45, 2.75) is 0 Å². The van der Waals surface area contributed by atoms with Gasteiger partial charge in [-0.15, -0.1) is 11.3 Å². The number of fused-ring (bicyclic) bond motifs is 6. The van der Waals surface area contributed by atoms with E-state index in [9.17, 15) is 0 Å². The number of hydrogen-bond acceptors (Lipinski definition) is 1. The van der Waals surface area contributed by atoms with Crippen LogP contribution in [0, 0.1) is 0 Å². The Kier molecular flexibility index (Phi) is 3.59. The number of benzene rings is 5. The van der Waals surface area contributed by atoms with Gasteiger partial charge in [-0.1, -0.05) is 82.7 Å². The molecule has 0 aliphatic heterocycles. The summed E-state index contributed by atoms with van der Waals surface area (Å²) >= 11 is 5.58. The topological polar surface area (TPSA) is 0 Å². The van der Waals surface area contributed by atoms with E-state index in [2.05, 4.69) is 107 Å². The van der Waals surface area contributed by atoms with E-state index in [-0.39, 0.29) is 0 Å².